The summed E-state index contributed by atoms with van der Waals surface area (Å²) in [5, 5.41) is 7.19. The first kappa shape index (κ1) is 15.4. The lowest BCUT2D eigenvalue weighted by molar-refractivity contribution is -0.123. The lowest BCUT2D eigenvalue weighted by Gasteiger charge is -2.31. The van der Waals surface area contributed by atoms with Gasteiger partial charge in [0.1, 0.15) is 5.76 Å². The van der Waals surface area contributed by atoms with E-state index in [2.05, 4.69) is 20.4 Å². The second-order valence-electron chi connectivity index (χ2n) is 7.03. The predicted molar refractivity (Wildman–Crippen MR) is 87.0 cm³/mol. The summed E-state index contributed by atoms with van der Waals surface area (Å²) in [6.07, 6.45) is 4.27. The first-order valence-corrected chi connectivity index (χ1v) is 8.52. The van der Waals surface area contributed by atoms with Gasteiger partial charge in [-0.15, -0.1) is 0 Å². The maximum Gasteiger partial charge on any atom is 0.230 e. The SMILES string of the molecule is Cc1cc(CN2Cc3ncn(C)c3[C@@H](C(=O)NCC3CC3)C2)no1. The lowest BCUT2D eigenvalue weighted by atomic mass is 9.97. The van der Waals surface area contributed by atoms with Crippen LogP contribution in [-0.4, -0.2) is 38.6 Å². The number of hydrogen-bond donors (Lipinski definition) is 1. The maximum absolute atomic E-state index is 12.7. The second-order valence-corrected chi connectivity index (χ2v) is 7.03. The average molecular weight is 329 g/mol. The number of fused-ring (bicyclic) bond motifs is 1. The zero-order valence-electron chi connectivity index (χ0n) is 14.2. The third-order valence-corrected chi connectivity index (χ3v) is 4.85. The molecule has 1 aliphatic carbocycles. The highest BCUT2D eigenvalue weighted by molar-refractivity contribution is 5.84. The van der Waals surface area contributed by atoms with Gasteiger partial charge in [0.25, 0.3) is 0 Å². The molecule has 0 unspecified atom stereocenters. The van der Waals surface area contributed by atoms with Crippen molar-refractivity contribution >= 4 is 5.91 Å². The van der Waals surface area contributed by atoms with Crippen LogP contribution >= 0.6 is 0 Å². The van der Waals surface area contributed by atoms with Crippen LogP contribution in [0.2, 0.25) is 0 Å². The van der Waals surface area contributed by atoms with Gasteiger partial charge in [0.15, 0.2) is 0 Å². The van der Waals surface area contributed by atoms with Crippen molar-refractivity contribution in [2.45, 2.75) is 38.8 Å². The fraction of sp³-hybridized carbons (Fsp3) is 0.588. The Hall–Kier alpha value is -2.15. The smallest absolute Gasteiger partial charge is 0.230 e. The van der Waals surface area contributed by atoms with Crippen molar-refractivity contribution in [1.29, 1.82) is 0 Å². The number of nitrogens with one attached hydrogen (secondary N) is 1. The average Bonchev–Trinajstić information content (AvgIpc) is 3.20. The first-order valence-electron chi connectivity index (χ1n) is 8.52. The van der Waals surface area contributed by atoms with Gasteiger partial charge >= 0.3 is 0 Å². The standard InChI is InChI=1S/C17H23N5O2/c1-11-5-13(20-24-11)7-22-8-14(17(23)18-6-12-3-4-12)16-15(9-22)19-10-21(16)2/h5,10,12,14H,3-4,6-9H2,1-2H3,(H,18,23)/t14-/m0/s1. The number of carbonyl (C=O) groups is 1. The summed E-state index contributed by atoms with van der Waals surface area (Å²) in [6.45, 7) is 4.76. The molecule has 1 amide bonds. The van der Waals surface area contributed by atoms with E-state index < -0.39 is 0 Å². The van der Waals surface area contributed by atoms with Gasteiger partial charge in [-0.3, -0.25) is 9.69 Å². The van der Waals surface area contributed by atoms with Gasteiger partial charge in [0, 0.05) is 39.3 Å². The van der Waals surface area contributed by atoms with Crippen LogP contribution in [0, 0.1) is 12.8 Å². The van der Waals surface area contributed by atoms with E-state index in [1.165, 1.54) is 12.8 Å². The van der Waals surface area contributed by atoms with Gasteiger partial charge in [-0.1, -0.05) is 5.16 Å². The zero-order chi connectivity index (χ0) is 16.7. The van der Waals surface area contributed by atoms with Gasteiger partial charge < -0.3 is 14.4 Å². The molecule has 2 aromatic heterocycles. The normalized spacial score (nSPS) is 20.8. The van der Waals surface area contributed by atoms with Crippen LogP contribution in [0.15, 0.2) is 16.9 Å². The van der Waals surface area contributed by atoms with Gasteiger partial charge in [-0.25, -0.2) is 4.98 Å². The number of nitrogens with zero attached hydrogens (tertiary/aromatic N) is 4. The molecule has 1 N–H and O–H groups in total. The number of imidazole rings is 1. The molecular formula is C17H23N5O2. The number of carbonyl (C=O) groups excluding carboxylic acids is 1. The molecule has 128 valence electrons. The molecule has 0 spiro atoms. The van der Waals surface area contributed by atoms with Crippen LogP contribution in [0.5, 0.6) is 0 Å². The third kappa shape index (κ3) is 3.08. The Kier molecular flexibility index (Phi) is 3.88. The van der Waals surface area contributed by atoms with Crippen molar-refractivity contribution in [1.82, 2.24) is 24.9 Å². The summed E-state index contributed by atoms with van der Waals surface area (Å²) in [5.41, 5.74) is 2.91. The Labute approximate surface area is 141 Å². The van der Waals surface area contributed by atoms with E-state index in [1.807, 2.05) is 24.6 Å². The highest BCUT2D eigenvalue weighted by Gasteiger charge is 2.34. The highest BCUT2D eigenvalue weighted by Crippen LogP contribution is 2.30. The summed E-state index contributed by atoms with van der Waals surface area (Å²) in [5.74, 6) is 1.40. The van der Waals surface area contributed by atoms with Crippen LogP contribution < -0.4 is 5.32 Å². The molecule has 2 aromatic rings. The predicted octanol–water partition coefficient (Wildman–Crippen LogP) is 1.34. The van der Waals surface area contributed by atoms with E-state index in [0.717, 1.165) is 35.9 Å². The van der Waals surface area contributed by atoms with Crippen molar-refractivity contribution in [3.63, 3.8) is 0 Å². The molecule has 1 fully saturated rings. The summed E-state index contributed by atoms with van der Waals surface area (Å²) < 4.78 is 7.13. The Balaban J connectivity index is 1.52. The summed E-state index contributed by atoms with van der Waals surface area (Å²) >= 11 is 0. The Morgan fingerprint density at radius 3 is 3.00 bits per heavy atom. The summed E-state index contributed by atoms with van der Waals surface area (Å²) in [7, 11) is 1.96. The van der Waals surface area contributed by atoms with E-state index >= 15 is 0 Å². The van der Waals surface area contributed by atoms with E-state index in [4.69, 9.17) is 4.52 Å². The van der Waals surface area contributed by atoms with Gasteiger partial charge in [-0.2, -0.15) is 0 Å². The minimum Gasteiger partial charge on any atom is -0.361 e. The zero-order valence-corrected chi connectivity index (χ0v) is 14.2. The minimum absolute atomic E-state index is 0.104. The molecule has 2 aliphatic rings. The number of rotatable bonds is 5. The number of amides is 1. The van der Waals surface area contributed by atoms with Crippen LogP contribution in [0.25, 0.3) is 0 Å². The maximum atomic E-state index is 12.7. The van der Waals surface area contributed by atoms with Crippen molar-refractivity contribution in [2.75, 3.05) is 13.1 Å². The third-order valence-electron chi connectivity index (χ3n) is 4.85. The van der Waals surface area contributed by atoms with E-state index in [-0.39, 0.29) is 11.8 Å². The Morgan fingerprint density at radius 2 is 2.29 bits per heavy atom. The van der Waals surface area contributed by atoms with Crippen LogP contribution in [-0.2, 0) is 24.9 Å². The largest absolute Gasteiger partial charge is 0.361 e. The lowest BCUT2D eigenvalue weighted by Crippen LogP contribution is -2.42. The summed E-state index contributed by atoms with van der Waals surface area (Å²) in [4.78, 5) is 19.4. The monoisotopic (exact) mass is 329 g/mol. The minimum atomic E-state index is -0.187. The fourth-order valence-electron chi connectivity index (χ4n) is 3.42. The van der Waals surface area contributed by atoms with Crippen molar-refractivity contribution in [3.8, 4) is 0 Å². The summed E-state index contributed by atoms with van der Waals surface area (Å²) in [6, 6.07) is 1.94. The molecule has 1 atom stereocenters. The van der Waals surface area contributed by atoms with Gasteiger partial charge in [-0.05, 0) is 25.7 Å². The van der Waals surface area contributed by atoms with E-state index in [9.17, 15) is 4.79 Å². The van der Waals surface area contributed by atoms with Gasteiger partial charge in [0.2, 0.25) is 5.91 Å². The molecule has 0 saturated heterocycles. The molecule has 7 heteroatoms. The molecule has 1 aliphatic heterocycles. The van der Waals surface area contributed by atoms with Crippen LogP contribution in [0.3, 0.4) is 0 Å². The molecule has 4 rings (SSSR count). The Bertz CT molecular complexity index is 746. The van der Waals surface area contributed by atoms with Crippen LogP contribution in [0.4, 0.5) is 0 Å². The number of aromatic nitrogens is 3. The molecule has 3 heterocycles. The molecular weight excluding hydrogens is 306 g/mol. The molecule has 0 bridgehead atoms. The van der Waals surface area contributed by atoms with Crippen LogP contribution in [0.1, 0.15) is 41.6 Å². The fourth-order valence-corrected chi connectivity index (χ4v) is 3.42. The Morgan fingerprint density at radius 1 is 1.46 bits per heavy atom. The topological polar surface area (TPSA) is 76.2 Å². The van der Waals surface area contributed by atoms with E-state index in [0.29, 0.717) is 19.0 Å². The van der Waals surface area contributed by atoms with E-state index in [1.54, 1.807) is 6.33 Å². The highest BCUT2D eigenvalue weighted by atomic mass is 16.5. The molecule has 0 radical (unpaired) electrons. The van der Waals surface area contributed by atoms with Crippen molar-refractivity contribution < 1.29 is 9.32 Å². The van der Waals surface area contributed by atoms with Crippen molar-refractivity contribution in [3.05, 3.63) is 35.2 Å². The van der Waals surface area contributed by atoms with Crippen molar-refractivity contribution in [2.24, 2.45) is 13.0 Å². The molecule has 0 aromatic carbocycles. The molecule has 7 nitrogen and oxygen atoms in total. The molecule has 24 heavy (non-hydrogen) atoms. The number of hydrogen-bond acceptors (Lipinski definition) is 5. The first-order chi connectivity index (χ1) is 11.6. The quantitative estimate of drug-likeness (QED) is 0.896. The number of aryl methyl sites for hydroxylation is 2. The second kappa shape index (κ2) is 6.05. The van der Waals surface area contributed by atoms with Gasteiger partial charge in [0.05, 0.1) is 29.3 Å². The molecule has 1 saturated carbocycles.